The summed E-state index contributed by atoms with van der Waals surface area (Å²) in [5.41, 5.74) is 0.777. The fourth-order valence-corrected chi connectivity index (χ4v) is 2.77. The number of halogens is 2. The lowest BCUT2D eigenvalue weighted by Crippen LogP contribution is -2.35. The van der Waals surface area contributed by atoms with E-state index in [4.69, 9.17) is 11.6 Å². The Morgan fingerprint density at radius 2 is 2.00 bits per heavy atom. The van der Waals surface area contributed by atoms with Crippen LogP contribution >= 0.6 is 11.6 Å². The van der Waals surface area contributed by atoms with Crippen molar-refractivity contribution in [1.29, 1.82) is 0 Å². The van der Waals surface area contributed by atoms with E-state index < -0.39 is 5.82 Å². The minimum absolute atomic E-state index is 0.0287. The molecule has 2 rings (SSSR count). The molecule has 0 aromatic heterocycles. The molecule has 1 aliphatic carbocycles. The summed E-state index contributed by atoms with van der Waals surface area (Å²) in [4.78, 5) is 0. The molecule has 2 nitrogen and oxygen atoms in total. The highest BCUT2D eigenvalue weighted by molar-refractivity contribution is 6.31. The maximum Gasteiger partial charge on any atom is 0.141 e. The molecule has 0 spiro atoms. The predicted molar refractivity (Wildman–Crippen MR) is 72.5 cm³/mol. The van der Waals surface area contributed by atoms with Crippen LogP contribution in [0.15, 0.2) is 18.2 Å². The first-order valence-corrected chi connectivity index (χ1v) is 6.83. The van der Waals surface area contributed by atoms with E-state index in [1.54, 1.807) is 12.1 Å². The lowest BCUT2D eigenvalue weighted by atomic mass is 9.74. The zero-order chi connectivity index (χ0) is 13.0. The smallest absolute Gasteiger partial charge is 0.141 e. The minimum atomic E-state index is -0.406. The third-order valence-corrected chi connectivity index (χ3v) is 4.13. The van der Waals surface area contributed by atoms with Gasteiger partial charge in [0.1, 0.15) is 5.82 Å². The number of anilines is 1. The Kier molecular flexibility index (Phi) is 4.46. The van der Waals surface area contributed by atoms with Crippen LogP contribution in [0.1, 0.15) is 32.1 Å². The summed E-state index contributed by atoms with van der Waals surface area (Å²) < 4.78 is 13.0. The van der Waals surface area contributed by atoms with Crippen molar-refractivity contribution in [1.82, 2.24) is 0 Å². The van der Waals surface area contributed by atoms with Gasteiger partial charge >= 0.3 is 0 Å². The Bertz CT molecular complexity index is 405. The van der Waals surface area contributed by atoms with Gasteiger partial charge in [-0.3, -0.25) is 0 Å². The quantitative estimate of drug-likeness (QED) is 0.872. The summed E-state index contributed by atoms with van der Waals surface area (Å²) in [6.07, 6.45) is 5.69. The maximum atomic E-state index is 13.0. The van der Waals surface area contributed by atoms with E-state index in [1.807, 2.05) is 0 Å². The fraction of sp³-hybridized carbons (Fsp3) is 0.571. The molecule has 0 aliphatic heterocycles. The van der Waals surface area contributed by atoms with Gasteiger partial charge < -0.3 is 10.4 Å². The lowest BCUT2D eigenvalue weighted by Gasteiger charge is -2.36. The number of rotatable bonds is 4. The zero-order valence-electron chi connectivity index (χ0n) is 10.4. The molecule has 2 N–H and O–H groups in total. The van der Waals surface area contributed by atoms with Crippen LogP contribution < -0.4 is 5.32 Å². The third kappa shape index (κ3) is 3.15. The number of nitrogens with one attached hydrogen (secondary N) is 1. The number of hydrogen-bond acceptors (Lipinski definition) is 2. The topological polar surface area (TPSA) is 32.3 Å². The molecule has 4 heteroatoms. The standard InChI is InChI=1S/C14H19ClFNO/c15-12-8-11(4-5-13(12)16)17-9-14(10-18)6-2-1-3-7-14/h4-5,8,17-18H,1-3,6-7,9-10H2. The molecule has 1 aromatic carbocycles. The van der Waals surface area contributed by atoms with Gasteiger partial charge in [0.05, 0.1) is 11.6 Å². The summed E-state index contributed by atoms with van der Waals surface area (Å²) in [7, 11) is 0. The van der Waals surface area contributed by atoms with Crippen molar-refractivity contribution in [2.75, 3.05) is 18.5 Å². The van der Waals surface area contributed by atoms with Crippen LogP contribution in [0.4, 0.5) is 10.1 Å². The second-order valence-corrected chi connectivity index (χ2v) is 5.61. The zero-order valence-corrected chi connectivity index (χ0v) is 11.1. The van der Waals surface area contributed by atoms with Gasteiger partial charge in [-0.05, 0) is 31.0 Å². The van der Waals surface area contributed by atoms with Gasteiger partial charge in [-0.2, -0.15) is 0 Å². The van der Waals surface area contributed by atoms with E-state index in [-0.39, 0.29) is 17.0 Å². The summed E-state index contributed by atoms with van der Waals surface area (Å²) in [6, 6.07) is 4.62. The SMILES string of the molecule is OCC1(CNc2ccc(F)c(Cl)c2)CCCCC1. The molecule has 0 heterocycles. The Morgan fingerprint density at radius 3 is 2.61 bits per heavy atom. The summed E-state index contributed by atoms with van der Waals surface area (Å²) in [6.45, 7) is 0.917. The van der Waals surface area contributed by atoms with E-state index in [0.29, 0.717) is 6.54 Å². The second kappa shape index (κ2) is 5.89. The van der Waals surface area contributed by atoms with E-state index in [9.17, 15) is 9.50 Å². The van der Waals surface area contributed by atoms with Crippen LogP contribution in [0.2, 0.25) is 5.02 Å². The Morgan fingerprint density at radius 1 is 1.28 bits per heavy atom. The number of aliphatic hydroxyl groups excluding tert-OH is 1. The van der Waals surface area contributed by atoms with Crippen molar-refractivity contribution in [3.05, 3.63) is 29.0 Å². The average molecular weight is 272 g/mol. The van der Waals surface area contributed by atoms with Crippen LogP contribution in [0.25, 0.3) is 0 Å². The van der Waals surface area contributed by atoms with E-state index >= 15 is 0 Å². The number of hydrogen-bond donors (Lipinski definition) is 2. The molecule has 0 bridgehead atoms. The van der Waals surface area contributed by atoms with Crippen LogP contribution in [-0.2, 0) is 0 Å². The third-order valence-electron chi connectivity index (χ3n) is 3.84. The lowest BCUT2D eigenvalue weighted by molar-refractivity contribution is 0.0944. The normalized spacial score (nSPS) is 18.6. The molecule has 0 saturated heterocycles. The molecular formula is C14H19ClFNO. The fourth-order valence-electron chi connectivity index (χ4n) is 2.59. The van der Waals surface area contributed by atoms with E-state index in [0.717, 1.165) is 18.5 Å². The van der Waals surface area contributed by atoms with Crippen LogP contribution in [0.3, 0.4) is 0 Å². The second-order valence-electron chi connectivity index (χ2n) is 5.20. The highest BCUT2D eigenvalue weighted by Crippen LogP contribution is 2.36. The molecular weight excluding hydrogens is 253 g/mol. The Labute approximate surface area is 112 Å². The first-order chi connectivity index (χ1) is 8.65. The van der Waals surface area contributed by atoms with Crippen molar-refractivity contribution in [2.45, 2.75) is 32.1 Å². The summed E-state index contributed by atoms with van der Waals surface area (Å²) >= 11 is 5.74. The highest BCUT2D eigenvalue weighted by Gasteiger charge is 2.31. The maximum absolute atomic E-state index is 13.0. The van der Waals surface area contributed by atoms with Crippen molar-refractivity contribution < 1.29 is 9.50 Å². The molecule has 0 unspecified atom stereocenters. The van der Waals surface area contributed by atoms with Crippen LogP contribution in [-0.4, -0.2) is 18.3 Å². The number of benzene rings is 1. The molecule has 1 aromatic rings. The van der Waals surface area contributed by atoms with Crippen LogP contribution in [0, 0.1) is 11.2 Å². The Hall–Kier alpha value is -0.800. The predicted octanol–water partition coefficient (Wildman–Crippen LogP) is 3.83. The van der Waals surface area contributed by atoms with Gasteiger partial charge in [0.25, 0.3) is 0 Å². The molecule has 1 aliphatic rings. The van der Waals surface area contributed by atoms with E-state index in [2.05, 4.69) is 5.32 Å². The van der Waals surface area contributed by atoms with Crippen molar-refractivity contribution in [3.63, 3.8) is 0 Å². The van der Waals surface area contributed by atoms with Gasteiger partial charge in [-0.1, -0.05) is 30.9 Å². The molecule has 1 fully saturated rings. The van der Waals surface area contributed by atoms with E-state index in [1.165, 1.54) is 25.3 Å². The molecule has 1 saturated carbocycles. The molecule has 100 valence electrons. The summed E-state index contributed by atoms with van der Waals surface area (Å²) in [5.74, 6) is -0.406. The largest absolute Gasteiger partial charge is 0.396 e. The first-order valence-electron chi connectivity index (χ1n) is 6.45. The summed E-state index contributed by atoms with van der Waals surface area (Å²) in [5, 5.41) is 13.0. The molecule has 0 atom stereocenters. The van der Waals surface area contributed by atoms with Gasteiger partial charge in [-0.15, -0.1) is 0 Å². The molecule has 18 heavy (non-hydrogen) atoms. The molecule has 0 radical (unpaired) electrons. The minimum Gasteiger partial charge on any atom is -0.396 e. The first kappa shape index (κ1) is 13.6. The van der Waals surface area contributed by atoms with Crippen LogP contribution in [0.5, 0.6) is 0 Å². The van der Waals surface area contributed by atoms with Gasteiger partial charge in [-0.25, -0.2) is 4.39 Å². The average Bonchev–Trinajstić information content (AvgIpc) is 2.41. The number of aliphatic hydroxyl groups is 1. The monoisotopic (exact) mass is 271 g/mol. The van der Waals surface area contributed by atoms with Gasteiger partial charge in [0.2, 0.25) is 0 Å². The molecule has 0 amide bonds. The van der Waals surface area contributed by atoms with Gasteiger partial charge in [0.15, 0.2) is 0 Å². The highest BCUT2D eigenvalue weighted by atomic mass is 35.5. The Balaban J connectivity index is 1.98. The van der Waals surface area contributed by atoms with Crippen molar-refractivity contribution >= 4 is 17.3 Å². The van der Waals surface area contributed by atoms with Gasteiger partial charge in [0, 0.05) is 17.6 Å². The van der Waals surface area contributed by atoms with Crippen molar-refractivity contribution in [3.8, 4) is 0 Å². The van der Waals surface area contributed by atoms with Crippen molar-refractivity contribution in [2.24, 2.45) is 5.41 Å².